The van der Waals surface area contributed by atoms with Crippen LogP contribution in [0.25, 0.3) is 0 Å². The summed E-state index contributed by atoms with van der Waals surface area (Å²) in [6, 6.07) is 9.11. The van der Waals surface area contributed by atoms with Crippen LogP contribution in [0, 0.1) is 11.5 Å². The normalized spacial score (nSPS) is 28.5. The van der Waals surface area contributed by atoms with Gasteiger partial charge < -0.3 is 10.4 Å². The molecule has 88 valence electrons. The van der Waals surface area contributed by atoms with Crippen LogP contribution in [0.2, 0.25) is 0 Å². The fourth-order valence-electron chi connectivity index (χ4n) is 2.40. The van der Waals surface area contributed by atoms with Crippen molar-refractivity contribution in [3.8, 4) is 6.19 Å². The Morgan fingerprint density at radius 2 is 2.12 bits per heavy atom. The van der Waals surface area contributed by atoms with E-state index >= 15 is 0 Å². The highest BCUT2D eigenvalue weighted by Crippen LogP contribution is 2.34. The molecule has 2 atom stereocenters. The van der Waals surface area contributed by atoms with Crippen molar-refractivity contribution in [3.63, 3.8) is 0 Å². The molecule has 17 heavy (non-hydrogen) atoms. The standard InChI is InChI=1S/C13H14N2O2/c14-9-15-13(10-5-2-1-3-6-10)8-4-7-11(16)12(13)17/h1-3,5-6,11,15-16H,4,7-8H2/t11-,13-/m1/s1. The molecule has 0 radical (unpaired) electrons. The van der Waals surface area contributed by atoms with Gasteiger partial charge in [-0.05, 0) is 24.8 Å². The number of benzene rings is 1. The zero-order valence-corrected chi connectivity index (χ0v) is 9.39. The molecule has 0 amide bonds. The molecule has 0 aliphatic heterocycles. The minimum absolute atomic E-state index is 0.309. The van der Waals surface area contributed by atoms with Gasteiger partial charge in [-0.15, -0.1) is 0 Å². The number of nitrogens with zero attached hydrogens (tertiary/aromatic N) is 1. The van der Waals surface area contributed by atoms with Crippen LogP contribution >= 0.6 is 0 Å². The molecule has 0 saturated heterocycles. The molecule has 2 N–H and O–H groups in total. The summed E-state index contributed by atoms with van der Waals surface area (Å²) < 4.78 is 0. The molecule has 1 aliphatic carbocycles. The van der Waals surface area contributed by atoms with Crippen molar-refractivity contribution in [2.75, 3.05) is 0 Å². The number of aliphatic hydroxyl groups excluding tert-OH is 1. The predicted molar refractivity (Wildman–Crippen MR) is 61.7 cm³/mol. The number of hydrogen-bond donors (Lipinski definition) is 2. The van der Waals surface area contributed by atoms with Crippen molar-refractivity contribution in [1.29, 1.82) is 5.26 Å². The maximum atomic E-state index is 12.2. The van der Waals surface area contributed by atoms with Gasteiger partial charge in [-0.25, -0.2) is 0 Å². The van der Waals surface area contributed by atoms with E-state index in [1.165, 1.54) is 0 Å². The van der Waals surface area contributed by atoms with Crippen LogP contribution in [-0.2, 0) is 10.3 Å². The van der Waals surface area contributed by atoms with Crippen LogP contribution in [-0.4, -0.2) is 17.0 Å². The van der Waals surface area contributed by atoms with E-state index in [0.29, 0.717) is 12.8 Å². The highest BCUT2D eigenvalue weighted by molar-refractivity contribution is 5.94. The second kappa shape index (κ2) is 4.56. The fraction of sp³-hybridized carbons (Fsp3) is 0.385. The Balaban J connectivity index is 2.46. The first-order valence-electron chi connectivity index (χ1n) is 5.65. The minimum Gasteiger partial charge on any atom is -0.385 e. The van der Waals surface area contributed by atoms with E-state index in [-0.39, 0.29) is 5.78 Å². The van der Waals surface area contributed by atoms with Gasteiger partial charge in [0.25, 0.3) is 0 Å². The van der Waals surface area contributed by atoms with Crippen molar-refractivity contribution in [1.82, 2.24) is 5.32 Å². The number of carbonyl (C=O) groups excluding carboxylic acids is 1. The van der Waals surface area contributed by atoms with Gasteiger partial charge in [0.2, 0.25) is 0 Å². The summed E-state index contributed by atoms with van der Waals surface area (Å²) in [5.74, 6) is -0.309. The third-order valence-corrected chi connectivity index (χ3v) is 3.29. The number of ketones is 1. The average Bonchev–Trinajstić information content (AvgIpc) is 2.36. The van der Waals surface area contributed by atoms with Gasteiger partial charge in [-0.3, -0.25) is 4.79 Å². The second-order valence-corrected chi connectivity index (χ2v) is 4.28. The van der Waals surface area contributed by atoms with E-state index in [1.807, 2.05) is 24.4 Å². The lowest BCUT2D eigenvalue weighted by Crippen LogP contribution is -2.54. The van der Waals surface area contributed by atoms with Crippen LogP contribution in [0.1, 0.15) is 24.8 Å². The van der Waals surface area contributed by atoms with Crippen molar-refractivity contribution in [2.45, 2.75) is 30.9 Å². The van der Waals surface area contributed by atoms with Crippen LogP contribution in [0.15, 0.2) is 30.3 Å². The molecule has 4 heteroatoms. The van der Waals surface area contributed by atoms with E-state index in [1.54, 1.807) is 12.1 Å². The SMILES string of the molecule is N#CN[C@@]1(c2ccccc2)CCC[C@@H](O)C1=O. The quantitative estimate of drug-likeness (QED) is 0.588. The van der Waals surface area contributed by atoms with Crippen molar-refractivity contribution in [2.24, 2.45) is 0 Å². The van der Waals surface area contributed by atoms with E-state index in [4.69, 9.17) is 5.26 Å². The first-order chi connectivity index (χ1) is 8.20. The molecule has 0 bridgehead atoms. The summed E-state index contributed by atoms with van der Waals surface area (Å²) in [6.07, 6.45) is 2.60. The summed E-state index contributed by atoms with van der Waals surface area (Å²) in [7, 11) is 0. The third kappa shape index (κ3) is 1.90. The van der Waals surface area contributed by atoms with Gasteiger partial charge in [0.15, 0.2) is 12.0 Å². The number of aliphatic hydroxyl groups is 1. The topological polar surface area (TPSA) is 73.1 Å². The van der Waals surface area contributed by atoms with Gasteiger partial charge in [-0.2, -0.15) is 5.26 Å². The molecule has 1 fully saturated rings. The molecule has 4 nitrogen and oxygen atoms in total. The second-order valence-electron chi connectivity index (χ2n) is 4.28. The number of hydrogen-bond acceptors (Lipinski definition) is 4. The first kappa shape index (κ1) is 11.6. The number of nitrogens with one attached hydrogen (secondary N) is 1. The molecule has 1 aromatic rings. The van der Waals surface area contributed by atoms with Gasteiger partial charge in [0.1, 0.15) is 11.6 Å². The van der Waals surface area contributed by atoms with Gasteiger partial charge in [0.05, 0.1) is 0 Å². The Kier molecular flexibility index (Phi) is 3.12. The summed E-state index contributed by atoms with van der Waals surface area (Å²) in [4.78, 5) is 12.2. The number of carbonyl (C=O) groups is 1. The molecule has 0 aromatic heterocycles. The zero-order chi connectivity index (χ0) is 12.3. The lowest BCUT2D eigenvalue weighted by molar-refractivity contribution is -0.137. The zero-order valence-electron chi connectivity index (χ0n) is 9.39. The Bertz CT molecular complexity index is 452. The molecular formula is C13H14N2O2. The number of rotatable bonds is 2. The Morgan fingerprint density at radius 1 is 1.41 bits per heavy atom. The number of Topliss-reactive ketones (excluding diaryl/α,β-unsaturated/α-hetero) is 1. The first-order valence-corrected chi connectivity index (χ1v) is 5.65. The molecule has 0 spiro atoms. The highest BCUT2D eigenvalue weighted by atomic mass is 16.3. The molecule has 1 saturated carbocycles. The monoisotopic (exact) mass is 230 g/mol. The lowest BCUT2D eigenvalue weighted by Gasteiger charge is -2.37. The summed E-state index contributed by atoms with van der Waals surface area (Å²) in [6.45, 7) is 0. The Hall–Kier alpha value is -1.86. The molecule has 2 rings (SSSR count). The average molecular weight is 230 g/mol. The van der Waals surface area contributed by atoms with Gasteiger partial charge in [0, 0.05) is 0 Å². The van der Waals surface area contributed by atoms with E-state index < -0.39 is 11.6 Å². The summed E-state index contributed by atoms with van der Waals surface area (Å²) in [5.41, 5.74) is -0.307. The molecule has 0 unspecified atom stereocenters. The molecular weight excluding hydrogens is 216 g/mol. The molecule has 1 aromatic carbocycles. The fourth-order valence-corrected chi connectivity index (χ4v) is 2.40. The van der Waals surface area contributed by atoms with Crippen LogP contribution < -0.4 is 5.32 Å². The summed E-state index contributed by atoms with van der Waals surface area (Å²) in [5, 5.41) is 21.1. The minimum atomic E-state index is -1.05. The molecule has 0 heterocycles. The van der Waals surface area contributed by atoms with Crippen molar-refractivity contribution >= 4 is 5.78 Å². The number of nitriles is 1. The molecule has 1 aliphatic rings. The third-order valence-electron chi connectivity index (χ3n) is 3.29. The van der Waals surface area contributed by atoms with Crippen LogP contribution in [0.5, 0.6) is 0 Å². The summed E-state index contributed by atoms with van der Waals surface area (Å²) >= 11 is 0. The van der Waals surface area contributed by atoms with Gasteiger partial charge in [-0.1, -0.05) is 30.3 Å². The highest BCUT2D eigenvalue weighted by Gasteiger charge is 2.45. The smallest absolute Gasteiger partial charge is 0.191 e. The Labute approximate surface area is 99.9 Å². The van der Waals surface area contributed by atoms with Crippen LogP contribution in [0.3, 0.4) is 0 Å². The maximum Gasteiger partial charge on any atom is 0.191 e. The van der Waals surface area contributed by atoms with E-state index in [9.17, 15) is 9.90 Å². The largest absolute Gasteiger partial charge is 0.385 e. The van der Waals surface area contributed by atoms with Crippen molar-refractivity contribution < 1.29 is 9.90 Å². The predicted octanol–water partition coefficient (Wildman–Crippen LogP) is 1.07. The van der Waals surface area contributed by atoms with E-state index in [2.05, 4.69) is 5.32 Å². The maximum absolute atomic E-state index is 12.2. The Morgan fingerprint density at radius 3 is 2.76 bits per heavy atom. The van der Waals surface area contributed by atoms with Gasteiger partial charge >= 0.3 is 0 Å². The lowest BCUT2D eigenvalue weighted by atomic mass is 9.74. The van der Waals surface area contributed by atoms with E-state index in [0.717, 1.165) is 12.0 Å². The van der Waals surface area contributed by atoms with Crippen molar-refractivity contribution in [3.05, 3.63) is 35.9 Å². The van der Waals surface area contributed by atoms with Crippen LogP contribution in [0.4, 0.5) is 0 Å².